The third-order valence-electron chi connectivity index (χ3n) is 4.95. The molecule has 1 atom stereocenters. The number of nitrogens with two attached hydrogens (primary N) is 1. The van der Waals surface area contributed by atoms with Crippen molar-refractivity contribution in [3.63, 3.8) is 0 Å². The van der Waals surface area contributed by atoms with E-state index < -0.39 is 28.8 Å². The van der Waals surface area contributed by atoms with E-state index in [1.807, 2.05) is 0 Å². The Balaban J connectivity index is 2.05. The highest BCUT2D eigenvalue weighted by atomic mass is 35.5. The minimum atomic E-state index is -0.923. The molecule has 0 unspecified atom stereocenters. The van der Waals surface area contributed by atoms with Gasteiger partial charge in [0.05, 0.1) is 35.9 Å². The zero-order chi connectivity index (χ0) is 23.5. The summed E-state index contributed by atoms with van der Waals surface area (Å²) in [5.74, 6) is -2.34. The molecule has 2 rings (SSSR count). The predicted molar refractivity (Wildman–Crippen MR) is 120 cm³/mol. The number of rotatable bonds is 13. The number of carbonyl (C=O) groups is 2. The van der Waals surface area contributed by atoms with Gasteiger partial charge in [0.1, 0.15) is 0 Å². The highest BCUT2D eigenvalue weighted by Crippen LogP contribution is 2.30. The number of hydrogen-bond donors (Lipinski definition) is 5. The Bertz CT molecular complexity index is 840. The minimum absolute atomic E-state index is 0.124. The van der Waals surface area contributed by atoms with E-state index in [-0.39, 0.29) is 25.2 Å². The van der Waals surface area contributed by atoms with Crippen LogP contribution in [0.4, 0.5) is 4.39 Å². The second-order valence-electron chi connectivity index (χ2n) is 7.33. The lowest BCUT2D eigenvalue weighted by Crippen LogP contribution is -2.44. The zero-order valence-electron chi connectivity index (χ0n) is 17.4. The van der Waals surface area contributed by atoms with Gasteiger partial charge in [0.25, 0.3) is 0 Å². The third-order valence-corrected chi connectivity index (χ3v) is 5.67. The topological polar surface area (TPSA) is 145 Å². The number of thiazole rings is 1. The summed E-state index contributed by atoms with van der Waals surface area (Å²) >= 11 is 7.00. The molecule has 13 heteroatoms. The number of hydroxylamine groups is 2. The van der Waals surface area contributed by atoms with E-state index in [1.54, 1.807) is 10.9 Å². The number of aliphatic imine (C=N–C) groups is 1. The zero-order valence-corrected chi connectivity index (χ0v) is 19.0. The quantitative estimate of drug-likeness (QED) is 0.0544. The number of halogens is 2. The van der Waals surface area contributed by atoms with Crippen LogP contribution in [0.15, 0.2) is 39.8 Å². The molecule has 1 aromatic rings. The van der Waals surface area contributed by atoms with E-state index >= 15 is 0 Å². The number of allylic oxidation sites excluding steroid dienone is 1. The molecule has 0 saturated heterocycles. The van der Waals surface area contributed by atoms with Gasteiger partial charge >= 0.3 is 0 Å². The number of amidine groups is 1. The number of carbonyl (C=O) groups excluding carboxylic acids is 2. The average Bonchev–Trinajstić information content (AvgIpc) is 3.47. The first-order valence-electron chi connectivity index (χ1n) is 9.96. The highest BCUT2D eigenvalue weighted by molar-refractivity contribution is 7.07. The number of aromatic nitrogens is 1. The Hall–Kier alpha value is -2.70. The van der Waals surface area contributed by atoms with Crippen molar-refractivity contribution < 1.29 is 19.2 Å². The fourth-order valence-electron chi connectivity index (χ4n) is 3.39. The Morgan fingerprint density at radius 1 is 1.50 bits per heavy atom. The van der Waals surface area contributed by atoms with E-state index in [4.69, 9.17) is 17.3 Å². The summed E-state index contributed by atoms with van der Waals surface area (Å²) in [7, 11) is 0. The van der Waals surface area contributed by atoms with Crippen molar-refractivity contribution in [3.05, 3.63) is 40.5 Å². The first-order valence-corrected chi connectivity index (χ1v) is 11.3. The second kappa shape index (κ2) is 13.0. The molecule has 1 heterocycles. The lowest BCUT2D eigenvalue weighted by atomic mass is 9.92. The number of amides is 2. The van der Waals surface area contributed by atoms with Crippen LogP contribution < -0.4 is 21.9 Å². The molecule has 0 aliphatic heterocycles. The monoisotopic (exact) mass is 487 g/mol. The summed E-state index contributed by atoms with van der Waals surface area (Å²) in [6.07, 6.45) is 4.80. The van der Waals surface area contributed by atoms with Gasteiger partial charge in [-0.05, 0) is 23.9 Å². The Morgan fingerprint density at radius 2 is 2.22 bits per heavy atom. The molecule has 10 nitrogen and oxygen atoms in total. The van der Waals surface area contributed by atoms with Crippen LogP contribution >= 0.6 is 22.9 Å². The van der Waals surface area contributed by atoms with Crippen molar-refractivity contribution in [2.75, 3.05) is 6.54 Å². The predicted octanol–water partition coefficient (Wildman–Crippen LogP) is 2.10. The fraction of sp³-hybridized carbons (Fsp3) is 0.474. The van der Waals surface area contributed by atoms with Crippen LogP contribution in [-0.4, -0.2) is 39.4 Å². The maximum Gasteiger partial charge on any atom is 0.243 e. The molecule has 1 saturated carbocycles. The third kappa shape index (κ3) is 8.44. The molecule has 0 bridgehead atoms. The molecule has 1 aliphatic rings. The number of hydrogen-bond acceptors (Lipinski definition) is 8. The van der Waals surface area contributed by atoms with Crippen LogP contribution in [0.1, 0.15) is 37.8 Å². The number of nitrogens with one attached hydrogen (secondary N) is 3. The van der Waals surface area contributed by atoms with Crippen LogP contribution in [0.2, 0.25) is 0 Å². The molecule has 0 radical (unpaired) electrons. The number of hydrazine groups is 1. The molecule has 32 heavy (non-hydrogen) atoms. The van der Waals surface area contributed by atoms with Gasteiger partial charge in [0.2, 0.25) is 12.3 Å². The molecular formula is C19H27ClFN7O3S. The van der Waals surface area contributed by atoms with Crippen LogP contribution in [-0.2, 0) is 16.1 Å². The Labute approximate surface area is 194 Å². The fourth-order valence-corrected chi connectivity index (χ4v) is 4.03. The molecule has 1 aromatic heterocycles. The van der Waals surface area contributed by atoms with E-state index in [1.165, 1.54) is 11.3 Å². The largest absolute Gasteiger partial charge is 0.377 e. The first-order chi connectivity index (χ1) is 15.3. The van der Waals surface area contributed by atoms with Gasteiger partial charge in [0.15, 0.2) is 16.9 Å². The maximum atomic E-state index is 14.9. The van der Waals surface area contributed by atoms with Gasteiger partial charge in [-0.2, -0.15) is 4.99 Å². The lowest BCUT2D eigenvalue weighted by Gasteiger charge is -2.22. The summed E-state index contributed by atoms with van der Waals surface area (Å²) in [5, 5.41) is 14.1. The van der Waals surface area contributed by atoms with Gasteiger partial charge in [-0.25, -0.2) is 14.4 Å². The molecule has 0 spiro atoms. The van der Waals surface area contributed by atoms with E-state index in [0.29, 0.717) is 23.1 Å². The molecule has 2 amide bonds. The summed E-state index contributed by atoms with van der Waals surface area (Å²) in [6.45, 7) is 3.65. The molecular weight excluding hydrogens is 461 g/mol. The van der Waals surface area contributed by atoms with Crippen LogP contribution in [0, 0.1) is 11.8 Å². The van der Waals surface area contributed by atoms with Gasteiger partial charge < -0.3 is 11.1 Å². The van der Waals surface area contributed by atoms with Crippen molar-refractivity contribution in [1.29, 1.82) is 0 Å². The van der Waals surface area contributed by atoms with E-state index in [2.05, 4.69) is 32.7 Å². The molecule has 1 aliphatic carbocycles. The minimum Gasteiger partial charge on any atom is -0.377 e. The molecule has 0 aromatic carbocycles. The molecule has 176 valence electrons. The van der Waals surface area contributed by atoms with Gasteiger partial charge in [-0.1, -0.05) is 32.3 Å². The summed E-state index contributed by atoms with van der Waals surface area (Å²) in [4.78, 5) is 31.3. The first kappa shape index (κ1) is 25.6. The van der Waals surface area contributed by atoms with Crippen LogP contribution in [0.25, 0.3) is 0 Å². The van der Waals surface area contributed by atoms with E-state index in [0.717, 1.165) is 25.7 Å². The van der Waals surface area contributed by atoms with Crippen LogP contribution in [0.3, 0.4) is 0 Å². The Kier molecular flexibility index (Phi) is 10.4. The number of nitrogens with zero attached hydrogens (tertiary/aromatic N) is 3. The van der Waals surface area contributed by atoms with Crippen molar-refractivity contribution >= 4 is 40.5 Å². The lowest BCUT2D eigenvalue weighted by molar-refractivity contribution is -0.155. The van der Waals surface area contributed by atoms with Gasteiger partial charge in [0, 0.05) is 5.38 Å². The smallest absolute Gasteiger partial charge is 0.243 e. The van der Waals surface area contributed by atoms with Crippen LogP contribution in [0.5, 0.6) is 0 Å². The summed E-state index contributed by atoms with van der Waals surface area (Å²) in [5.41, 5.74) is 12.3. The standard InChI is InChI=1S/C19H27ClFN7O3S/c1-12(23-7-15-9-32-10-24-15)16(21)17(25-19(20)22)26-27-18(30)14(8-28(31)11-29)6-13-4-2-3-5-13/h9-11,13-14,23,26,31H,1-8H2,(H2,22,25)(H,27,30)/b17-16-/t14-/m1/s1. The van der Waals surface area contributed by atoms with Gasteiger partial charge in [-0.3, -0.25) is 25.6 Å². The second-order valence-corrected chi connectivity index (χ2v) is 8.44. The normalized spacial score (nSPS) is 16.2. The molecule has 6 N–H and O–H groups in total. The van der Waals surface area contributed by atoms with Crippen molar-refractivity contribution in [2.24, 2.45) is 22.6 Å². The highest BCUT2D eigenvalue weighted by Gasteiger charge is 2.27. The van der Waals surface area contributed by atoms with Gasteiger partial charge in [-0.15, -0.1) is 11.3 Å². The summed E-state index contributed by atoms with van der Waals surface area (Å²) in [6, 6.07) is 0. The van der Waals surface area contributed by atoms with Crippen molar-refractivity contribution in [2.45, 2.75) is 38.6 Å². The van der Waals surface area contributed by atoms with Crippen molar-refractivity contribution in [1.82, 2.24) is 26.2 Å². The molecule has 1 fully saturated rings. The SMILES string of the molecule is C=C(NCc1cscn1)/C(F)=C(\N=C(N)Cl)NNC(=O)[C@H](CC1CCCC1)CN(O)C=O. The maximum absolute atomic E-state index is 14.9. The van der Waals surface area contributed by atoms with E-state index in [9.17, 15) is 19.2 Å². The summed E-state index contributed by atoms with van der Waals surface area (Å²) < 4.78 is 14.9. The Morgan fingerprint density at radius 3 is 2.81 bits per heavy atom. The average molecular weight is 488 g/mol. The van der Waals surface area contributed by atoms with Crippen molar-refractivity contribution in [3.8, 4) is 0 Å².